The molecule has 0 aromatic carbocycles. The molecule has 8 heteroatoms. The van der Waals surface area contributed by atoms with Gasteiger partial charge in [0.1, 0.15) is 0 Å². The zero-order chi connectivity index (χ0) is 22.2. The van der Waals surface area contributed by atoms with Gasteiger partial charge in [0.25, 0.3) is 0 Å². The summed E-state index contributed by atoms with van der Waals surface area (Å²) < 4.78 is 5.53. The average Bonchev–Trinajstić information content (AvgIpc) is 3.27. The number of hydrogen-bond donors (Lipinski definition) is 2. The Morgan fingerprint density at radius 3 is 2.41 bits per heavy atom. The number of ether oxygens (including phenoxy) is 1. The maximum absolute atomic E-state index is 12.4. The Labute approximate surface area is 194 Å². The number of guanidine groups is 1. The van der Waals surface area contributed by atoms with Crippen LogP contribution in [-0.4, -0.2) is 111 Å². The highest BCUT2D eigenvalue weighted by atomic mass is 16.5. The number of amides is 1. The van der Waals surface area contributed by atoms with Crippen molar-refractivity contribution in [3.8, 4) is 0 Å². The number of aliphatic imine (C=N–C) groups is 1. The third-order valence-corrected chi connectivity index (χ3v) is 7.64. The van der Waals surface area contributed by atoms with Crippen molar-refractivity contribution in [2.24, 2.45) is 16.8 Å². The predicted molar refractivity (Wildman–Crippen MR) is 128 cm³/mol. The lowest BCUT2D eigenvalue weighted by Crippen LogP contribution is -2.51. The number of nitrogens with zero attached hydrogens (tertiary/aromatic N) is 4. The van der Waals surface area contributed by atoms with Gasteiger partial charge >= 0.3 is 0 Å². The van der Waals surface area contributed by atoms with Crippen molar-refractivity contribution in [3.05, 3.63) is 0 Å². The summed E-state index contributed by atoms with van der Waals surface area (Å²) in [7, 11) is 0. The largest absolute Gasteiger partial charge is 0.381 e. The van der Waals surface area contributed by atoms with E-state index in [2.05, 4.69) is 32.3 Å². The number of piperazine rings is 1. The first-order valence-corrected chi connectivity index (χ1v) is 13.1. The van der Waals surface area contributed by atoms with Crippen molar-refractivity contribution in [1.29, 1.82) is 0 Å². The van der Waals surface area contributed by atoms with Crippen LogP contribution in [0, 0.1) is 11.8 Å². The van der Waals surface area contributed by atoms with Gasteiger partial charge in [-0.25, -0.2) is 0 Å². The Hall–Kier alpha value is -1.38. The highest BCUT2D eigenvalue weighted by Crippen LogP contribution is 2.28. The van der Waals surface area contributed by atoms with Gasteiger partial charge in [0, 0.05) is 77.5 Å². The summed E-state index contributed by atoms with van der Waals surface area (Å²) in [6.45, 7) is 13.9. The third-order valence-electron chi connectivity index (χ3n) is 7.64. The number of piperidine rings is 1. The van der Waals surface area contributed by atoms with Crippen LogP contribution in [0.4, 0.5) is 0 Å². The number of hydrogen-bond acceptors (Lipinski definition) is 5. The molecule has 32 heavy (non-hydrogen) atoms. The highest BCUT2D eigenvalue weighted by molar-refractivity contribution is 5.80. The summed E-state index contributed by atoms with van der Waals surface area (Å²) in [5.74, 6) is 2.41. The molecule has 1 atom stereocenters. The van der Waals surface area contributed by atoms with Gasteiger partial charge in [-0.2, -0.15) is 0 Å². The molecule has 1 aliphatic carbocycles. The molecule has 2 N–H and O–H groups in total. The summed E-state index contributed by atoms with van der Waals surface area (Å²) in [5, 5.41) is 7.09. The van der Waals surface area contributed by atoms with Crippen molar-refractivity contribution >= 4 is 11.9 Å². The fraction of sp³-hybridized carbons (Fsp3) is 0.917. The second-order valence-corrected chi connectivity index (χ2v) is 10.0. The summed E-state index contributed by atoms with van der Waals surface area (Å²) in [6, 6.07) is 0.505. The summed E-state index contributed by atoms with van der Waals surface area (Å²) in [5.41, 5.74) is 0. The molecule has 4 rings (SSSR count). The van der Waals surface area contributed by atoms with Crippen LogP contribution in [0.3, 0.4) is 0 Å². The molecule has 0 radical (unpaired) electrons. The molecule has 0 spiro atoms. The highest BCUT2D eigenvalue weighted by Gasteiger charge is 2.31. The van der Waals surface area contributed by atoms with Crippen LogP contribution < -0.4 is 10.6 Å². The zero-order valence-corrected chi connectivity index (χ0v) is 20.1. The van der Waals surface area contributed by atoms with E-state index in [9.17, 15) is 4.79 Å². The van der Waals surface area contributed by atoms with Crippen LogP contribution in [0.15, 0.2) is 4.99 Å². The number of rotatable bonds is 8. The molecule has 4 aliphatic rings. The first-order chi connectivity index (χ1) is 15.7. The van der Waals surface area contributed by atoms with Gasteiger partial charge in [-0.15, -0.1) is 0 Å². The Morgan fingerprint density at radius 2 is 1.78 bits per heavy atom. The van der Waals surface area contributed by atoms with Crippen LogP contribution >= 0.6 is 0 Å². The maximum atomic E-state index is 12.4. The van der Waals surface area contributed by atoms with E-state index >= 15 is 0 Å². The SMILES string of the molecule is CCNC(=NCCN1CCN(C(=O)C2CCC2)CC1)NC1CCN(CC2CCOC2)CC1. The Kier molecular flexibility index (Phi) is 9.05. The predicted octanol–water partition coefficient (Wildman–Crippen LogP) is 0.987. The molecule has 0 bridgehead atoms. The van der Waals surface area contributed by atoms with Gasteiger partial charge in [0.05, 0.1) is 13.2 Å². The minimum Gasteiger partial charge on any atom is -0.381 e. The van der Waals surface area contributed by atoms with E-state index < -0.39 is 0 Å². The van der Waals surface area contributed by atoms with E-state index in [0.717, 1.165) is 96.8 Å². The minimum atomic E-state index is 0.323. The molecule has 1 amide bonds. The molecule has 3 saturated heterocycles. The molecular weight excluding hydrogens is 404 g/mol. The van der Waals surface area contributed by atoms with Crippen molar-refractivity contribution in [2.45, 2.75) is 51.5 Å². The van der Waals surface area contributed by atoms with Crippen LogP contribution in [0.25, 0.3) is 0 Å². The first-order valence-electron chi connectivity index (χ1n) is 13.1. The van der Waals surface area contributed by atoms with Gasteiger partial charge in [-0.3, -0.25) is 14.7 Å². The molecule has 0 aromatic heterocycles. The fourth-order valence-corrected chi connectivity index (χ4v) is 5.27. The van der Waals surface area contributed by atoms with Crippen molar-refractivity contribution in [3.63, 3.8) is 0 Å². The number of carbonyl (C=O) groups excluding carboxylic acids is 1. The minimum absolute atomic E-state index is 0.323. The summed E-state index contributed by atoms with van der Waals surface area (Å²) in [6.07, 6.45) is 7.00. The van der Waals surface area contributed by atoms with Gasteiger partial charge in [0.2, 0.25) is 5.91 Å². The van der Waals surface area contributed by atoms with Crippen LogP contribution in [0.1, 0.15) is 45.4 Å². The molecule has 0 aromatic rings. The Bertz CT molecular complexity index is 604. The molecule has 3 aliphatic heterocycles. The van der Waals surface area contributed by atoms with E-state index in [1.165, 1.54) is 32.2 Å². The average molecular weight is 449 g/mol. The maximum Gasteiger partial charge on any atom is 0.225 e. The van der Waals surface area contributed by atoms with E-state index in [-0.39, 0.29) is 0 Å². The summed E-state index contributed by atoms with van der Waals surface area (Å²) >= 11 is 0. The third kappa shape index (κ3) is 6.81. The molecule has 3 heterocycles. The van der Waals surface area contributed by atoms with Gasteiger partial charge < -0.3 is 25.2 Å². The van der Waals surface area contributed by atoms with Gasteiger partial charge in [-0.1, -0.05) is 6.42 Å². The first kappa shape index (κ1) is 23.8. The van der Waals surface area contributed by atoms with Crippen molar-refractivity contribution in [2.75, 3.05) is 78.7 Å². The topological polar surface area (TPSA) is 72.4 Å². The van der Waals surface area contributed by atoms with E-state index in [1.807, 2.05) is 0 Å². The second-order valence-electron chi connectivity index (χ2n) is 10.0. The molecule has 1 saturated carbocycles. The fourth-order valence-electron chi connectivity index (χ4n) is 5.27. The van der Waals surface area contributed by atoms with E-state index in [4.69, 9.17) is 9.73 Å². The standard InChI is InChI=1S/C24H44N6O2/c1-2-25-24(27-22-6-10-29(11-7-22)18-20-8-17-32-19-20)26-9-12-28-13-15-30(16-14-28)23(31)21-4-3-5-21/h20-22H,2-19H2,1H3,(H2,25,26,27). The lowest BCUT2D eigenvalue weighted by atomic mass is 9.84. The monoisotopic (exact) mass is 448 g/mol. The Balaban J connectivity index is 1.13. The van der Waals surface area contributed by atoms with E-state index in [1.54, 1.807) is 0 Å². The number of likely N-dealkylation sites (tertiary alicyclic amines) is 1. The quantitative estimate of drug-likeness (QED) is 0.426. The summed E-state index contributed by atoms with van der Waals surface area (Å²) in [4.78, 5) is 24.4. The van der Waals surface area contributed by atoms with Crippen LogP contribution in [0.5, 0.6) is 0 Å². The van der Waals surface area contributed by atoms with Crippen LogP contribution in [0.2, 0.25) is 0 Å². The molecule has 1 unspecified atom stereocenters. The zero-order valence-electron chi connectivity index (χ0n) is 20.1. The van der Waals surface area contributed by atoms with Gasteiger partial charge in [-0.05, 0) is 44.9 Å². The van der Waals surface area contributed by atoms with Crippen LogP contribution in [-0.2, 0) is 9.53 Å². The lowest BCUT2D eigenvalue weighted by molar-refractivity contribution is -0.139. The smallest absolute Gasteiger partial charge is 0.225 e. The van der Waals surface area contributed by atoms with E-state index in [0.29, 0.717) is 17.9 Å². The normalized spacial score (nSPS) is 26.8. The number of carbonyl (C=O) groups is 1. The number of nitrogens with one attached hydrogen (secondary N) is 2. The molecular formula is C24H44N6O2. The molecule has 8 nitrogen and oxygen atoms in total. The molecule has 4 fully saturated rings. The Morgan fingerprint density at radius 1 is 1.00 bits per heavy atom. The molecule has 182 valence electrons. The lowest BCUT2D eigenvalue weighted by Gasteiger charge is -2.38. The van der Waals surface area contributed by atoms with Crippen molar-refractivity contribution < 1.29 is 9.53 Å². The van der Waals surface area contributed by atoms with Gasteiger partial charge in [0.15, 0.2) is 5.96 Å². The van der Waals surface area contributed by atoms with Crippen molar-refractivity contribution in [1.82, 2.24) is 25.3 Å². The second kappa shape index (κ2) is 12.2.